The predicted octanol–water partition coefficient (Wildman–Crippen LogP) is -0.364. The van der Waals surface area contributed by atoms with Crippen LogP contribution in [-0.2, 0) is 14.9 Å². The van der Waals surface area contributed by atoms with E-state index in [4.69, 9.17) is 4.74 Å². The fourth-order valence-electron chi connectivity index (χ4n) is 2.70. The lowest BCUT2D eigenvalue weighted by Crippen LogP contribution is -2.53. The minimum atomic E-state index is -3.32. The molecule has 0 spiro atoms. The van der Waals surface area contributed by atoms with E-state index in [-0.39, 0.29) is 12.1 Å². The summed E-state index contributed by atoms with van der Waals surface area (Å²) in [5.41, 5.74) is 0. The van der Waals surface area contributed by atoms with Crippen molar-refractivity contribution in [2.75, 3.05) is 39.8 Å². The average Bonchev–Trinajstić information content (AvgIpc) is 2.78. The zero-order valence-electron chi connectivity index (χ0n) is 11.1. The Morgan fingerprint density at radius 2 is 2.17 bits per heavy atom. The smallest absolute Gasteiger partial charge is 0.282 e. The fraction of sp³-hybridized carbons (Fsp3) is 1.00. The summed E-state index contributed by atoms with van der Waals surface area (Å²) in [5, 5.41) is 3.07. The Kier molecular flexibility index (Phi) is 4.60. The molecule has 0 aromatic heterocycles. The number of rotatable bonds is 4. The van der Waals surface area contributed by atoms with Gasteiger partial charge in [-0.3, -0.25) is 0 Å². The van der Waals surface area contributed by atoms with Crippen LogP contribution in [0.5, 0.6) is 0 Å². The molecule has 2 aliphatic heterocycles. The van der Waals surface area contributed by atoms with Gasteiger partial charge in [0, 0.05) is 32.2 Å². The van der Waals surface area contributed by atoms with Crippen LogP contribution in [0.2, 0.25) is 0 Å². The second kappa shape index (κ2) is 5.83. The van der Waals surface area contributed by atoms with E-state index < -0.39 is 10.2 Å². The summed E-state index contributed by atoms with van der Waals surface area (Å²) < 4.78 is 33.8. The van der Waals surface area contributed by atoms with Gasteiger partial charge in [-0.15, -0.1) is 0 Å². The second-order valence-electron chi connectivity index (χ2n) is 5.01. The van der Waals surface area contributed by atoms with Crippen molar-refractivity contribution < 1.29 is 13.2 Å². The van der Waals surface area contributed by atoms with E-state index in [1.807, 2.05) is 14.0 Å². The normalized spacial score (nSPS) is 31.9. The molecule has 2 saturated heterocycles. The largest absolute Gasteiger partial charge is 0.376 e. The van der Waals surface area contributed by atoms with Gasteiger partial charge in [0.2, 0.25) is 0 Å². The van der Waals surface area contributed by atoms with Crippen LogP contribution in [-0.4, -0.2) is 69.0 Å². The minimum Gasteiger partial charge on any atom is -0.376 e. The standard InChI is InChI=1S/C11H23N3O3S/c1-10-9-13(6-7-17-10)18(15,16)14-5-3-4-11(14)8-12-2/h10-12H,3-9H2,1-2H3/t10-,11-/m1/s1. The quantitative estimate of drug-likeness (QED) is 0.762. The summed E-state index contributed by atoms with van der Waals surface area (Å²) in [6.07, 6.45) is 1.88. The van der Waals surface area contributed by atoms with Crippen LogP contribution >= 0.6 is 0 Å². The van der Waals surface area contributed by atoms with Crippen LogP contribution in [0.1, 0.15) is 19.8 Å². The monoisotopic (exact) mass is 277 g/mol. The maximum atomic E-state index is 12.6. The van der Waals surface area contributed by atoms with Crippen LogP contribution in [0.25, 0.3) is 0 Å². The van der Waals surface area contributed by atoms with Gasteiger partial charge in [0.15, 0.2) is 0 Å². The lowest BCUT2D eigenvalue weighted by Gasteiger charge is -2.35. The summed E-state index contributed by atoms with van der Waals surface area (Å²) in [5.74, 6) is 0. The van der Waals surface area contributed by atoms with E-state index in [1.54, 1.807) is 8.61 Å². The fourth-order valence-corrected chi connectivity index (χ4v) is 4.61. The Morgan fingerprint density at radius 1 is 1.39 bits per heavy atom. The molecule has 0 unspecified atom stereocenters. The van der Waals surface area contributed by atoms with E-state index in [9.17, 15) is 8.42 Å². The second-order valence-corrected chi connectivity index (χ2v) is 6.89. The number of ether oxygens (including phenoxy) is 1. The molecule has 0 aromatic rings. The lowest BCUT2D eigenvalue weighted by atomic mass is 10.2. The SMILES string of the molecule is CNC[C@H]1CCCN1S(=O)(=O)N1CCO[C@H](C)C1. The highest BCUT2D eigenvalue weighted by molar-refractivity contribution is 7.86. The van der Waals surface area contributed by atoms with Gasteiger partial charge in [-0.05, 0) is 26.8 Å². The molecule has 18 heavy (non-hydrogen) atoms. The molecule has 2 fully saturated rings. The van der Waals surface area contributed by atoms with E-state index >= 15 is 0 Å². The van der Waals surface area contributed by atoms with Gasteiger partial charge in [-0.25, -0.2) is 0 Å². The highest BCUT2D eigenvalue weighted by Crippen LogP contribution is 2.24. The van der Waals surface area contributed by atoms with Crippen molar-refractivity contribution in [2.24, 2.45) is 0 Å². The van der Waals surface area contributed by atoms with Gasteiger partial charge < -0.3 is 10.1 Å². The first-order valence-corrected chi connectivity index (χ1v) is 7.98. The third-order valence-electron chi connectivity index (χ3n) is 3.59. The van der Waals surface area contributed by atoms with Crippen LogP contribution in [0, 0.1) is 0 Å². The zero-order valence-corrected chi connectivity index (χ0v) is 11.9. The lowest BCUT2D eigenvalue weighted by molar-refractivity contribution is 0.00813. The molecule has 0 amide bonds. The Hall–Kier alpha value is -0.210. The van der Waals surface area contributed by atoms with Crippen molar-refractivity contribution in [2.45, 2.75) is 31.9 Å². The molecule has 0 aromatic carbocycles. The average molecular weight is 277 g/mol. The number of hydrogen-bond donors (Lipinski definition) is 1. The highest BCUT2D eigenvalue weighted by Gasteiger charge is 2.39. The van der Waals surface area contributed by atoms with Gasteiger partial charge in [0.25, 0.3) is 10.2 Å². The topological polar surface area (TPSA) is 61.9 Å². The van der Waals surface area contributed by atoms with E-state index in [2.05, 4.69) is 5.32 Å². The molecule has 1 N–H and O–H groups in total. The Bertz CT molecular complexity index is 374. The third kappa shape index (κ3) is 2.85. The first kappa shape index (κ1) is 14.2. The Balaban J connectivity index is 2.09. The molecule has 2 atom stereocenters. The van der Waals surface area contributed by atoms with Gasteiger partial charge in [0.1, 0.15) is 0 Å². The number of likely N-dealkylation sites (N-methyl/N-ethyl adjacent to an activating group) is 1. The summed E-state index contributed by atoms with van der Waals surface area (Å²) in [6.45, 7) is 4.70. The summed E-state index contributed by atoms with van der Waals surface area (Å²) in [4.78, 5) is 0. The summed E-state index contributed by atoms with van der Waals surface area (Å²) >= 11 is 0. The van der Waals surface area contributed by atoms with Gasteiger partial charge >= 0.3 is 0 Å². The molecule has 2 aliphatic rings. The summed E-state index contributed by atoms with van der Waals surface area (Å²) in [6, 6.07) is 0.0955. The minimum absolute atomic E-state index is 0.0149. The summed E-state index contributed by atoms with van der Waals surface area (Å²) in [7, 11) is -1.46. The zero-order chi connectivity index (χ0) is 13.2. The van der Waals surface area contributed by atoms with Crippen molar-refractivity contribution >= 4 is 10.2 Å². The van der Waals surface area contributed by atoms with Crippen molar-refractivity contribution in [1.29, 1.82) is 0 Å². The molecule has 7 heteroatoms. The third-order valence-corrected chi connectivity index (χ3v) is 5.65. The molecule has 0 saturated carbocycles. The molecule has 2 heterocycles. The van der Waals surface area contributed by atoms with Crippen molar-refractivity contribution in [1.82, 2.24) is 13.9 Å². The van der Waals surface area contributed by atoms with Gasteiger partial charge in [-0.1, -0.05) is 0 Å². The molecular weight excluding hydrogens is 254 g/mol. The first-order valence-electron chi connectivity index (χ1n) is 6.59. The molecule has 6 nitrogen and oxygen atoms in total. The molecule has 0 bridgehead atoms. The van der Waals surface area contributed by atoms with Gasteiger partial charge in [-0.2, -0.15) is 17.0 Å². The van der Waals surface area contributed by atoms with E-state index in [0.717, 1.165) is 19.4 Å². The Morgan fingerprint density at radius 3 is 2.83 bits per heavy atom. The van der Waals surface area contributed by atoms with Crippen LogP contribution in [0.3, 0.4) is 0 Å². The predicted molar refractivity (Wildman–Crippen MR) is 69.6 cm³/mol. The number of nitrogens with one attached hydrogen (secondary N) is 1. The van der Waals surface area contributed by atoms with Crippen molar-refractivity contribution in [3.8, 4) is 0 Å². The van der Waals surface area contributed by atoms with Gasteiger partial charge in [0.05, 0.1) is 12.7 Å². The molecule has 0 aliphatic carbocycles. The van der Waals surface area contributed by atoms with Crippen LogP contribution < -0.4 is 5.32 Å². The highest BCUT2D eigenvalue weighted by atomic mass is 32.2. The molecular formula is C11H23N3O3S. The maximum Gasteiger partial charge on any atom is 0.282 e. The number of morpholine rings is 1. The maximum absolute atomic E-state index is 12.6. The van der Waals surface area contributed by atoms with E-state index in [0.29, 0.717) is 26.2 Å². The van der Waals surface area contributed by atoms with Crippen LogP contribution in [0.15, 0.2) is 0 Å². The Labute approximate surface area is 109 Å². The molecule has 2 rings (SSSR count). The number of nitrogens with zero attached hydrogens (tertiary/aromatic N) is 2. The van der Waals surface area contributed by atoms with Crippen LogP contribution in [0.4, 0.5) is 0 Å². The number of hydrogen-bond acceptors (Lipinski definition) is 4. The first-order chi connectivity index (χ1) is 8.55. The molecule has 106 valence electrons. The van der Waals surface area contributed by atoms with E-state index in [1.165, 1.54) is 0 Å². The van der Waals surface area contributed by atoms with Crippen molar-refractivity contribution in [3.05, 3.63) is 0 Å². The molecule has 0 radical (unpaired) electrons. The van der Waals surface area contributed by atoms with Crippen molar-refractivity contribution in [3.63, 3.8) is 0 Å².